The molecule has 0 unspecified atom stereocenters. The molecule has 1 heterocycles. The number of fused-ring (bicyclic) bond motifs is 1. The summed E-state index contributed by atoms with van der Waals surface area (Å²) < 4.78 is 6.74. The van der Waals surface area contributed by atoms with E-state index in [9.17, 15) is 4.79 Å². The second-order valence-electron chi connectivity index (χ2n) is 8.23. The van der Waals surface area contributed by atoms with E-state index in [1.165, 1.54) is 15.7 Å². The van der Waals surface area contributed by atoms with Gasteiger partial charge in [-0.1, -0.05) is 22.0 Å². The Bertz CT molecular complexity index is 633. The second kappa shape index (κ2) is 7.18. The largest absolute Gasteiger partial charge is 0.444 e. The summed E-state index contributed by atoms with van der Waals surface area (Å²) in [7, 11) is 1.88. The Balaban J connectivity index is 1.58. The van der Waals surface area contributed by atoms with Gasteiger partial charge in [-0.05, 0) is 70.6 Å². The molecule has 25 heavy (non-hydrogen) atoms. The molecule has 1 aliphatic carbocycles. The van der Waals surface area contributed by atoms with E-state index >= 15 is 0 Å². The van der Waals surface area contributed by atoms with E-state index in [2.05, 4.69) is 39.0 Å². The van der Waals surface area contributed by atoms with Crippen molar-refractivity contribution in [1.82, 2.24) is 4.90 Å². The minimum atomic E-state index is -0.435. The highest BCUT2D eigenvalue weighted by Crippen LogP contribution is 2.38. The van der Waals surface area contributed by atoms with Crippen LogP contribution in [0.15, 0.2) is 22.7 Å². The Morgan fingerprint density at radius 2 is 1.92 bits per heavy atom. The summed E-state index contributed by atoms with van der Waals surface area (Å²) in [6, 6.07) is 7.37. The number of ether oxygens (including phenoxy) is 1. The maximum absolute atomic E-state index is 12.3. The third-order valence-corrected chi connectivity index (χ3v) is 6.09. The van der Waals surface area contributed by atoms with Crippen molar-refractivity contribution in [3.8, 4) is 0 Å². The molecule has 0 saturated heterocycles. The minimum absolute atomic E-state index is 0.202. The van der Waals surface area contributed by atoms with Gasteiger partial charge in [-0.15, -0.1) is 0 Å². The van der Waals surface area contributed by atoms with Gasteiger partial charge in [0.1, 0.15) is 5.60 Å². The molecule has 4 nitrogen and oxygen atoms in total. The summed E-state index contributed by atoms with van der Waals surface area (Å²) in [5, 5.41) is 0. The Morgan fingerprint density at radius 1 is 1.24 bits per heavy atom. The van der Waals surface area contributed by atoms with Crippen molar-refractivity contribution in [3.05, 3.63) is 28.2 Å². The van der Waals surface area contributed by atoms with Gasteiger partial charge in [0, 0.05) is 35.8 Å². The van der Waals surface area contributed by atoms with Gasteiger partial charge < -0.3 is 14.5 Å². The highest BCUT2D eigenvalue weighted by atomic mass is 79.9. The average molecular weight is 409 g/mol. The summed E-state index contributed by atoms with van der Waals surface area (Å²) in [4.78, 5) is 16.7. The van der Waals surface area contributed by atoms with E-state index in [-0.39, 0.29) is 12.1 Å². The van der Waals surface area contributed by atoms with Crippen molar-refractivity contribution >= 4 is 27.7 Å². The molecule has 1 aliphatic heterocycles. The Morgan fingerprint density at radius 3 is 2.56 bits per heavy atom. The second-order valence-corrected chi connectivity index (χ2v) is 9.09. The number of benzene rings is 1. The van der Waals surface area contributed by atoms with Crippen molar-refractivity contribution in [2.45, 2.75) is 70.6 Å². The lowest BCUT2D eigenvalue weighted by atomic mass is 9.89. The predicted octanol–water partition coefficient (Wildman–Crippen LogP) is 4.99. The highest BCUT2D eigenvalue weighted by molar-refractivity contribution is 9.10. The third kappa shape index (κ3) is 4.13. The van der Waals surface area contributed by atoms with Crippen LogP contribution in [0.5, 0.6) is 0 Å². The molecule has 0 spiro atoms. The number of rotatable bonds is 2. The van der Waals surface area contributed by atoms with Crippen molar-refractivity contribution in [2.24, 2.45) is 0 Å². The number of carbonyl (C=O) groups is 1. The first-order valence-electron chi connectivity index (χ1n) is 9.26. The van der Waals surface area contributed by atoms with Gasteiger partial charge >= 0.3 is 6.09 Å². The maximum atomic E-state index is 12.3. The van der Waals surface area contributed by atoms with Gasteiger partial charge in [-0.2, -0.15) is 0 Å². The summed E-state index contributed by atoms with van der Waals surface area (Å²) in [6.45, 7) is 6.85. The fourth-order valence-electron chi connectivity index (χ4n) is 4.04. The lowest BCUT2D eigenvalue weighted by Crippen LogP contribution is -2.45. The first kappa shape index (κ1) is 18.6. The monoisotopic (exact) mass is 408 g/mol. The number of anilines is 1. The number of hydrogen-bond donors (Lipinski definition) is 0. The van der Waals surface area contributed by atoms with Crippen LogP contribution in [0.25, 0.3) is 0 Å². The lowest BCUT2D eigenvalue weighted by Gasteiger charge is -2.39. The fourth-order valence-corrected chi connectivity index (χ4v) is 4.59. The van der Waals surface area contributed by atoms with Crippen LogP contribution in [0, 0.1) is 0 Å². The predicted molar refractivity (Wildman–Crippen MR) is 105 cm³/mol. The highest BCUT2D eigenvalue weighted by Gasteiger charge is 2.33. The molecule has 1 aromatic carbocycles. The van der Waals surface area contributed by atoms with Crippen LogP contribution in [0.1, 0.15) is 52.0 Å². The Hall–Kier alpha value is -1.23. The molecule has 138 valence electrons. The number of nitrogens with zero attached hydrogens (tertiary/aromatic N) is 2. The van der Waals surface area contributed by atoms with Crippen molar-refractivity contribution in [1.29, 1.82) is 0 Å². The van der Waals surface area contributed by atoms with Gasteiger partial charge in [0.15, 0.2) is 0 Å². The van der Waals surface area contributed by atoms with E-state index in [4.69, 9.17) is 4.74 Å². The van der Waals surface area contributed by atoms with Crippen LogP contribution in [0.2, 0.25) is 0 Å². The van der Waals surface area contributed by atoms with Crippen LogP contribution in [-0.2, 0) is 11.2 Å². The summed E-state index contributed by atoms with van der Waals surface area (Å²) in [5.41, 5.74) is 2.39. The molecule has 1 saturated carbocycles. The number of halogens is 1. The van der Waals surface area contributed by atoms with Crippen LogP contribution in [0.3, 0.4) is 0 Å². The molecule has 3 rings (SSSR count). The van der Waals surface area contributed by atoms with Crippen molar-refractivity contribution < 1.29 is 9.53 Å². The van der Waals surface area contributed by atoms with Gasteiger partial charge in [-0.3, -0.25) is 0 Å². The third-order valence-electron chi connectivity index (χ3n) is 5.34. The summed E-state index contributed by atoms with van der Waals surface area (Å²) in [6.07, 6.45) is 5.26. The SMILES string of the molecule is CN(C(=O)OC(C)(C)C)C1CCC(N2CCc3c(Br)cccc32)CC1. The van der Waals surface area contributed by atoms with Gasteiger partial charge in [-0.25, -0.2) is 4.79 Å². The van der Waals surface area contributed by atoms with Crippen LogP contribution < -0.4 is 4.90 Å². The number of carbonyl (C=O) groups excluding carboxylic acids is 1. The fraction of sp³-hybridized carbons (Fsp3) is 0.650. The molecule has 1 fully saturated rings. The molecule has 1 amide bonds. The average Bonchev–Trinajstić information content (AvgIpc) is 2.98. The van der Waals surface area contributed by atoms with Crippen molar-refractivity contribution in [2.75, 3.05) is 18.5 Å². The number of amides is 1. The molecule has 5 heteroatoms. The molecule has 0 aromatic heterocycles. The standard InChI is InChI=1S/C20H29BrN2O2/c1-20(2,3)25-19(24)22(4)14-8-10-15(11-9-14)23-13-12-16-17(21)6-5-7-18(16)23/h5-7,14-15H,8-13H2,1-4H3. The van der Waals surface area contributed by atoms with E-state index < -0.39 is 5.60 Å². The van der Waals surface area contributed by atoms with E-state index in [1.54, 1.807) is 4.90 Å². The van der Waals surface area contributed by atoms with Crippen LogP contribution in [-0.4, -0.2) is 42.3 Å². The van der Waals surface area contributed by atoms with E-state index in [0.29, 0.717) is 6.04 Å². The van der Waals surface area contributed by atoms with Crippen molar-refractivity contribution in [3.63, 3.8) is 0 Å². The molecule has 0 N–H and O–H groups in total. The van der Waals surface area contributed by atoms with Gasteiger partial charge in [0.2, 0.25) is 0 Å². The first-order valence-corrected chi connectivity index (χ1v) is 10.1. The molecule has 1 aromatic rings. The lowest BCUT2D eigenvalue weighted by molar-refractivity contribution is 0.0183. The molecule has 0 atom stereocenters. The maximum Gasteiger partial charge on any atom is 0.410 e. The zero-order valence-corrected chi connectivity index (χ0v) is 17.3. The van der Waals surface area contributed by atoms with Gasteiger partial charge in [0.25, 0.3) is 0 Å². The number of hydrogen-bond acceptors (Lipinski definition) is 3. The first-order chi connectivity index (χ1) is 11.8. The zero-order valence-electron chi connectivity index (χ0n) is 15.7. The quantitative estimate of drug-likeness (QED) is 0.690. The zero-order chi connectivity index (χ0) is 18.2. The van der Waals surface area contributed by atoms with Gasteiger partial charge in [0.05, 0.1) is 0 Å². The normalized spacial score (nSPS) is 23.3. The summed E-state index contributed by atoms with van der Waals surface area (Å²) in [5.74, 6) is 0. The molecular weight excluding hydrogens is 380 g/mol. The van der Waals surface area contributed by atoms with Crippen LogP contribution >= 0.6 is 15.9 Å². The van der Waals surface area contributed by atoms with Crippen LogP contribution in [0.4, 0.5) is 10.5 Å². The molecule has 0 radical (unpaired) electrons. The topological polar surface area (TPSA) is 32.8 Å². The minimum Gasteiger partial charge on any atom is -0.444 e. The summed E-state index contributed by atoms with van der Waals surface area (Å²) >= 11 is 3.68. The van der Waals surface area contributed by atoms with E-state index in [0.717, 1.165) is 38.6 Å². The van der Waals surface area contributed by atoms with E-state index in [1.807, 2.05) is 27.8 Å². The Kier molecular flexibility index (Phi) is 5.33. The molecule has 0 bridgehead atoms. The Labute approximate surface area is 159 Å². The smallest absolute Gasteiger partial charge is 0.410 e. The molecule has 2 aliphatic rings. The molecular formula is C20H29BrN2O2.